The van der Waals surface area contributed by atoms with E-state index in [2.05, 4.69) is 15.0 Å². The van der Waals surface area contributed by atoms with Crippen molar-refractivity contribution in [2.24, 2.45) is 0 Å². The van der Waals surface area contributed by atoms with Crippen LogP contribution >= 0.6 is 0 Å². The minimum atomic E-state index is -4.62. The van der Waals surface area contributed by atoms with Gasteiger partial charge in [0.15, 0.2) is 0 Å². The lowest BCUT2D eigenvalue weighted by atomic mass is 10.1. The van der Waals surface area contributed by atoms with Crippen molar-refractivity contribution in [1.29, 1.82) is 0 Å². The average Bonchev–Trinajstić information content (AvgIpc) is 2.70. The summed E-state index contributed by atoms with van der Waals surface area (Å²) in [7, 11) is 1.26. The van der Waals surface area contributed by atoms with E-state index in [0.717, 1.165) is 12.1 Å². The van der Waals surface area contributed by atoms with Crippen LogP contribution in [0.4, 0.5) is 24.7 Å². The lowest BCUT2D eigenvalue weighted by Crippen LogP contribution is -2.33. The largest absolute Gasteiger partial charge is 0.465 e. The molecule has 31 heavy (non-hydrogen) atoms. The molecule has 168 valence electrons. The fraction of sp³-hybridized carbons (Fsp3) is 0.409. The Balaban J connectivity index is 2.42. The molecule has 2 aromatic rings. The normalized spacial score (nSPS) is 11.4. The molecule has 0 saturated carbocycles. The number of esters is 1. The highest BCUT2D eigenvalue weighted by molar-refractivity contribution is 6.03. The van der Waals surface area contributed by atoms with Crippen molar-refractivity contribution in [3.05, 3.63) is 52.7 Å². The molecule has 0 bridgehead atoms. The van der Waals surface area contributed by atoms with Gasteiger partial charge in [-0.15, -0.1) is 0 Å². The van der Waals surface area contributed by atoms with Crippen LogP contribution in [0.25, 0.3) is 0 Å². The van der Waals surface area contributed by atoms with E-state index in [-0.39, 0.29) is 17.6 Å². The molecule has 0 aliphatic carbocycles. The minimum absolute atomic E-state index is 0.0917. The maximum absolute atomic E-state index is 13.5. The third-order valence-electron chi connectivity index (χ3n) is 4.64. The Kier molecular flexibility index (Phi) is 7.65. The Morgan fingerprint density at radius 1 is 1.19 bits per heavy atom. The highest BCUT2D eigenvalue weighted by Gasteiger charge is 2.33. The molecule has 0 radical (unpaired) electrons. The first-order valence-corrected chi connectivity index (χ1v) is 9.84. The molecule has 0 aliphatic heterocycles. The van der Waals surface area contributed by atoms with Crippen molar-refractivity contribution in [3.63, 3.8) is 0 Å². The molecule has 0 aliphatic rings. The van der Waals surface area contributed by atoms with Crippen LogP contribution in [0.3, 0.4) is 0 Å². The van der Waals surface area contributed by atoms with Crippen LogP contribution in [0, 0.1) is 6.92 Å². The average molecular weight is 437 g/mol. The highest BCUT2D eigenvalue weighted by Crippen LogP contribution is 2.32. The fourth-order valence-electron chi connectivity index (χ4n) is 3.10. The number of aromatic nitrogens is 1. The summed E-state index contributed by atoms with van der Waals surface area (Å²) in [6.45, 7) is 7.78. The van der Waals surface area contributed by atoms with Gasteiger partial charge in [0.2, 0.25) is 0 Å². The van der Waals surface area contributed by atoms with Crippen molar-refractivity contribution >= 4 is 23.4 Å². The zero-order valence-corrected chi connectivity index (χ0v) is 18.1. The molecule has 1 N–H and O–H groups in total. The molecule has 1 heterocycles. The van der Waals surface area contributed by atoms with Crippen LogP contribution in [0.5, 0.6) is 0 Å². The van der Waals surface area contributed by atoms with Gasteiger partial charge in [0.25, 0.3) is 5.91 Å². The number of halogens is 3. The molecule has 0 spiro atoms. The van der Waals surface area contributed by atoms with Crippen LogP contribution in [-0.4, -0.2) is 36.6 Å². The van der Waals surface area contributed by atoms with E-state index in [1.807, 2.05) is 20.8 Å². The van der Waals surface area contributed by atoms with Gasteiger partial charge in [0, 0.05) is 18.3 Å². The van der Waals surface area contributed by atoms with E-state index in [9.17, 15) is 22.8 Å². The van der Waals surface area contributed by atoms with Crippen LogP contribution in [-0.2, 0) is 10.9 Å². The predicted molar refractivity (Wildman–Crippen MR) is 112 cm³/mol. The number of alkyl halides is 3. The van der Waals surface area contributed by atoms with E-state index < -0.39 is 23.6 Å². The Hall–Kier alpha value is -3.10. The summed E-state index contributed by atoms with van der Waals surface area (Å²) in [4.78, 5) is 30.4. The van der Waals surface area contributed by atoms with Crippen LogP contribution < -0.4 is 10.2 Å². The number of pyridine rings is 1. The quantitative estimate of drug-likeness (QED) is 0.612. The first kappa shape index (κ1) is 24.2. The maximum atomic E-state index is 13.5. The first-order chi connectivity index (χ1) is 14.5. The summed E-state index contributed by atoms with van der Waals surface area (Å²) in [6.07, 6.45) is -3.91. The molecule has 2 rings (SSSR count). The highest BCUT2D eigenvalue weighted by atomic mass is 19.4. The molecule has 9 heteroatoms. The molecular weight excluding hydrogens is 411 g/mol. The van der Waals surface area contributed by atoms with E-state index in [1.165, 1.54) is 25.3 Å². The SMILES string of the molecule is CCCN(c1cc(C(F)(F)F)cc(C(=O)Nc2ccc(C(=O)OC)c(C)c2)n1)C(C)C. The monoisotopic (exact) mass is 437 g/mol. The van der Waals surface area contributed by atoms with Crippen LogP contribution in [0.15, 0.2) is 30.3 Å². The summed E-state index contributed by atoms with van der Waals surface area (Å²) in [5.74, 6) is -1.21. The second kappa shape index (κ2) is 9.80. The third kappa shape index (κ3) is 5.96. The fourth-order valence-corrected chi connectivity index (χ4v) is 3.10. The van der Waals surface area contributed by atoms with Crippen molar-refractivity contribution in [2.75, 3.05) is 23.9 Å². The number of ether oxygens (including phenoxy) is 1. The van der Waals surface area contributed by atoms with Crippen molar-refractivity contribution in [2.45, 2.75) is 46.3 Å². The number of carbonyl (C=O) groups is 2. The number of nitrogens with zero attached hydrogens (tertiary/aromatic N) is 2. The van der Waals surface area contributed by atoms with Crippen molar-refractivity contribution in [3.8, 4) is 0 Å². The number of nitrogens with one attached hydrogen (secondary N) is 1. The number of rotatable bonds is 7. The Labute approximate surface area is 179 Å². The molecule has 0 saturated heterocycles. The van der Waals surface area contributed by atoms with Gasteiger partial charge in [-0.25, -0.2) is 9.78 Å². The molecule has 1 aromatic heterocycles. The Morgan fingerprint density at radius 2 is 1.87 bits per heavy atom. The smallest absolute Gasteiger partial charge is 0.416 e. The Morgan fingerprint density at radius 3 is 2.39 bits per heavy atom. The molecule has 0 unspecified atom stereocenters. The maximum Gasteiger partial charge on any atom is 0.416 e. The van der Waals surface area contributed by atoms with Crippen LogP contribution in [0.1, 0.15) is 59.2 Å². The molecule has 6 nitrogen and oxygen atoms in total. The summed E-state index contributed by atoms with van der Waals surface area (Å²) < 4.78 is 45.1. The zero-order valence-electron chi connectivity index (χ0n) is 18.1. The van der Waals surface area contributed by atoms with E-state index in [1.54, 1.807) is 11.8 Å². The topological polar surface area (TPSA) is 71.5 Å². The van der Waals surface area contributed by atoms with Gasteiger partial charge in [0.05, 0.1) is 18.2 Å². The molecule has 0 fully saturated rings. The van der Waals surface area contributed by atoms with Gasteiger partial charge in [-0.3, -0.25) is 4.79 Å². The summed E-state index contributed by atoms with van der Waals surface area (Å²) in [5, 5.41) is 2.55. The zero-order chi connectivity index (χ0) is 23.3. The van der Waals surface area contributed by atoms with Crippen LogP contribution in [0.2, 0.25) is 0 Å². The van der Waals surface area contributed by atoms with Gasteiger partial charge in [0.1, 0.15) is 11.5 Å². The van der Waals surface area contributed by atoms with Crippen molar-refractivity contribution < 1.29 is 27.5 Å². The second-order valence-corrected chi connectivity index (χ2v) is 7.36. The number of benzene rings is 1. The van der Waals surface area contributed by atoms with Gasteiger partial charge in [-0.1, -0.05) is 6.92 Å². The number of anilines is 2. The van der Waals surface area contributed by atoms with Gasteiger partial charge >= 0.3 is 12.1 Å². The molecule has 0 atom stereocenters. The number of aryl methyl sites for hydroxylation is 1. The first-order valence-electron chi connectivity index (χ1n) is 9.84. The number of carbonyl (C=O) groups excluding carboxylic acids is 2. The number of methoxy groups -OCH3 is 1. The Bertz CT molecular complexity index is 959. The molecule has 1 amide bonds. The molecular formula is C22H26F3N3O3. The third-order valence-corrected chi connectivity index (χ3v) is 4.64. The van der Waals surface area contributed by atoms with E-state index >= 15 is 0 Å². The molecule has 1 aromatic carbocycles. The predicted octanol–water partition coefficient (Wildman–Crippen LogP) is 5.07. The summed E-state index contributed by atoms with van der Waals surface area (Å²) >= 11 is 0. The van der Waals surface area contributed by atoms with E-state index in [0.29, 0.717) is 29.8 Å². The number of hydrogen-bond donors (Lipinski definition) is 1. The van der Waals surface area contributed by atoms with Gasteiger partial charge < -0.3 is 15.0 Å². The van der Waals surface area contributed by atoms with E-state index in [4.69, 9.17) is 0 Å². The van der Waals surface area contributed by atoms with Gasteiger partial charge in [-0.2, -0.15) is 13.2 Å². The number of hydrogen-bond acceptors (Lipinski definition) is 5. The summed E-state index contributed by atoms with van der Waals surface area (Å²) in [6, 6.07) is 6.09. The lowest BCUT2D eigenvalue weighted by Gasteiger charge is -2.28. The summed E-state index contributed by atoms with van der Waals surface area (Å²) in [5.41, 5.74) is -0.0866. The standard InChI is InChI=1S/C22H26F3N3O3/c1-6-9-28(13(2)3)19-12-15(22(23,24)25)11-18(27-19)20(29)26-16-7-8-17(14(4)10-16)21(30)31-5/h7-8,10-13H,6,9H2,1-5H3,(H,26,29). The number of amides is 1. The lowest BCUT2D eigenvalue weighted by molar-refractivity contribution is -0.137. The van der Waals surface area contributed by atoms with Gasteiger partial charge in [-0.05, 0) is 63.1 Å². The minimum Gasteiger partial charge on any atom is -0.465 e. The van der Waals surface area contributed by atoms with Crippen molar-refractivity contribution in [1.82, 2.24) is 4.98 Å². The second-order valence-electron chi connectivity index (χ2n) is 7.36.